The van der Waals surface area contributed by atoms with Gasteiger partial charge in [0.05, 0.1) is 18.0 Å². The van der Waals surface area contributed by atoms with Gasteiger partial charge >= 0.3 is 6.09 Å². The lowest BCUT2D eigenvalue weighted by Crippen LogP contribution is -2.40. The van der Waals surface area contributed by atoms with Gasteiger partial charge in [-0.1, -0.05) is 6.07 Å². The molecule has 7 heteroatoms. The van der Waals surface area contributed by atoms with E-state index in [9.17, 15) is 4.79 Å². The predicted molar refractivity (Wildman–Crippen MR) is 81.3 cm³/mol. The molecule has 1 aliphatic heterocycles. The molecule has 22 heavy (non-hydrogen) atoms. The van der Waals surface area contributed by atoms with Crippen molar-refractivity contribution in [3.05, 3.63) is 36.7 Å². The number of carbonyl (C=O) groups excluding carboxylic acids is 1. The minimum atomic E-state index is -0.254. The molecule has 0 radical (unpaired) electrons. The Labute approximate surface area is 128 Å². The number of amides is 1. The summed E-state index contributed by atoms with van der Waals surface area (Å²) in [4.78, 5) is 26.1. The van der Waals surface area contributed by atoms with Crippen LogP contribution in [0.5, 0.6) is 0 Å². The molecule has 0 unspecified atom stereocenters. The molecule has 2 aromatic heterocycles. The van der Waals surface area contributed by atoms with Gasteiger partial charge in [-0.15, -0.1) is 0 Å². The molecule has 0 aromatic carbocycles. The summed E-state index contributed by atoms with van der Waals surface area (Å²) in [5.41, 5.74) is 1.56. The summed E-state index contributed by atoms with van der Waals surface area (Å²) in [7, 11) is 0. The van der Waals surface area contributed by atoms with E-state index in [4.69, 9.17) is 4.74 Å². The summed E-state index contributed by atoms with van der Waals surface area (Å²) >= 11 is 0. The van der Waals surface area contributed by atoms with Crippen molar-refractivity contribution in [1.29, 1.82) is 0 Å². The first-order chi connectivity index (χ1) is 10.8. The van der Waals surface area contributed by atoms with E-state index in [1.807, 2.05) is 24.3 Å². The van der Waals surface area contributed by atoms with E-state index in [1.165, 1.54) is 0 Å². The molecule has 0 bridgehead atoms. The highest BCUT2D eigenvalue weighted by atomic mass is 16.6. The van der Waals surface area contributed by atoms with Crippen molar-refractivity contribution >= 4 is 12.0 Å². The van der Waals surface area contributed by atoms with E-state index < -0.39 is 0 Å². The van der Waals surface area contributed by atoms with Crippen molar-refractivity contribution in [2.75, 3.05) is 31.6 Å². The molecule has 0 aliphatic carbocycles. The molecule has 1 saturated heterocycles. The number of pyridine rings is 1. The zero-order chi connectivity index (χ0) is 15.2. The Bertz CT molecular complexity index is 635. The van der Waals surface area contributed by atoms with Gasteiger partial charge in [-0.05, 0) is 24.6 Å². The van der Waals surface area contributed by atoms with Crippen LogP contribution >= 0.6 is 0 Å². The largest absolute Gasteiger partial charge is 0.449 e. The lowest BCUT2D eigenvalue weighted by atomic mass is 10.3. The van der Waals surface area contributed by atoms with Crippen molar-refractivity contribution in [2.24, 2.45) is 0 Å². The van der Waals surface area contributed by atoms with Crippen LogP contribution in [0.1, 0.15) is 6.42 Å². The van der Waals surface area contributed by atoms with E-state index in [-0.39, 0.29) is 6.09 Å². The maximum absolute atomic E-state index is 11.5. The molecule has 3 rings (SSSR count). The second kappa shape index (κ2) is 6.84. The van der Waals surface area contributed by atoms with Crippen molar-refractivity contribution in [3.8, 4) is 11.4 Å². The van der Waals surface area contributed by atoms with E-state index in [2.05, 4.69) is 20.3 Å². The SMILES string of the molecule is O=C1OCCCN1CCNc1nccc(-c2ccccn2)n1. The summed E-state index contributed by atoms with van der Waals surface area (Å²) in [5, 5.41) is 3.12. The van der Waals surface area contributed by atoms with Gasteiger partial charge in [-0.2, -0.15) is 0 Å². The highest BCUT2D eigenvalue weighted by Crippen LogP contribution is 2.14. The quantitative estimate of drug-likeness (QED) is 0.906. The summed E-state index contributed by atoms with van der Waals surface area (Å²) < 4.78 is 4.99. The van der Waals surface area contributed by atoms with Gasteiger partial charge in [0.1, 0.15) is 0 Å². The number of aromatic nitrogens is 3. The Morgan fingerprint density at radius 1 is 1.18 bits per heavy atom. The maximum atomic E-state index is 11.5. The second-order valence-corrected chi connectivity index (χ2v) is 4.86. The fourth-order valence-corrected chi connectivity index (χ4v) is 2.20. The number of nitrogens with zero attached hydrogens (tertiary/aromatic N) is 4. The first-order valence-corrected chi connectivity index (χ1v) is 7.23. The Kier molecular flexibility index (Phi) is 4.43. The zero-order valence-corrected chi connectivity index (χ0v) is 12.1. The number of hydrogen-bond donors (Lipinski definition) is 1. The number of anilines is 1. The summed E-state index contributed by atoms with van der Waals surface area (Å²) in [5.74, 6) is 0.522. The molecule has 1 aliphatic rings. The van der Waals surface area contributed by atoms with Gasteiger partial charge in [0.2, 0.25) is 5.95 Å². The minimum absolute atomic E-state index is 0.254. The van der Waals surface area contributed by atoms with E-state index >= 15 is 0 Å². The second-order valence-electron chi connectivity index (χ2n) is 4.86. The molecule has 0 saturated carbocycles. The molecule has 3 heterocycles. The van der Waals surface area contributed by atoms with Crippen LogP contribution in [-0.4, -0.2) is 52.2 Å². The minimum Gasteiger partial charge on any atom is -0.449 e. The number of rotatable bonds is 5. The van der Waals surface area contributed by atoms with E-state index in [0.29, 0.717) is 25.6 Å². The number of cyclic esters (lactones) is 1. The van der Waals surface area contributed by atoms with Crippen LogP contribution in [0, 0.1) is 0 Å². The maximum Gasteiger partial charge on any atom is 0.409 e. The topological polar surface area (TPSA) is 80.2 Å². The number of hydrogen-bond acceptors (Lipinski definition) is 6. The average Bonchev–Trinajstić information content (AvgIpc) is 2.58. The van der Waals surface area contributed by atoms with Gasteiger partial charge in [0, 0.05) is 32.0 Å². The number of nitrogens with one attached hydrogen (secondary N) is 1. The summed E-state index contributed by atoms with van der Waals surface area (Å²) in [6, 6.07) is 7.49. The zero-order valence-electron chi connectivity index (χ0n) is 12.1. The van der Waals surface area contributed by atoms with Crippen LogP contribution in [0.4, 0.5) is 10.7 Å². The standard InChI is InChI=1S/C15H17N5O2/c21-15-20(9-3-11-22-15)10-8-18-14-17-7-5-13(19-14)12-4-1-2-6-16-12/h1-2,4-7H,3,8-11H2,(H,17,18,19). The summed E-state index contributed by atoms with van der Waals surface area (Å²) in [6.45, 7) is 2.38. The molecule has 1 fully saturated rings. The third-order valence-electron chi connectivity index (χ3n) is 3.30. The third-order valence-corrected chi connectivity index (χ3v) is 3.30. The van der Waals surface area contributed by atoms with Crippen LogP contribution in [0.2, 0.25) is 0 Å². The van der Waals surface area contributed by atoms with Crippen LogP contribution < -0.4 is 5.32 Å². The number of carbonyl (C=O) groups is 1. The fraction of sp³-hybridized carbons (Fsp3) is 0.333. The molecule has 7 nitrogen and oxygen atoms in total. The molecule has 1 N–H and O–H groups in total. The fourth-order valence-electron chi connectivity index (χ4n) is 2.20. The first-order valence-electron chi connectivity index (χ1n) is 7.23. The summed E-state index contributed by atoms with van der Waals surface area (Å²) in [6.07, 6.45) is 4.04. The number of ether oxygens (including phenoxy) is 1. The van der Waals surface area contributed by atoms with Crippen molar-refractivity contribution in [3.63, 3.8) is 0 Å². The highest BCUT2D eigenvalue weighted by molar-refractivity contribution is 5.68. The third kappa shape index (κ3) is 3.49. The molecule has 0 atom stereocenters. The van der Waals surface area contributed by atoms with E-state index in [1.54, 1.807) is 17.3 Å². The Morgan fingerprint density at radius 3 is 2.95 bits per heavy atom. The van der Waals surface area contributed by atoms with Gasteiger partial charge < -0.3 is 15.0 Å². The van der Waals surface area contributed by atoms with E-state index in [0.717, 1.165) is 24.4 Å². The monoisotopic (exact) mass is 299 g/mol. The normalized spacial score (nSPS) is 14.5. The van der Waals surface area contributed by atoms with Gasteiger partial charge in [-0.3, -0.25) is 4.98 Å². The van der Waals surface area contributed by atoms with Crippen LogP contribution in [-0.2, 0) is 4.74 Å². The van der Waals surface area contributed by atoms with Gasteiger partial charge in [-0.25, -0.2) is 14.8 Å². The van der Waals surface area contributed by atoms with Gasteiger partial charge in [0.15, 0.2) is 0 Å². The van der Waals surface area contributed by atoms with Crippen molar-refractivity contribution in [2.45, 2.75) is 6.42 Å². The van der Waals surface area contributed by atoms with Crippen molar-refractivity contribution in [1.82, 2.24) is 19.9 Å². The highest BCUT2D eigenvalue weighted by Gasteiger charge is 2.18. The lowest BCUT2D eigenvalue weighted by molar-refractivity contribution is 0.0746. The molecule has 0 spiro atoms. The van der Waals surface area contributed by atoms with Crippen LogP contribution in [0.15, 0.2) is 36.7 Å². The molecule has 2 aromatic rings. The Balaban J connectivity index is 1.58. The van der Waals surface area contributed by atoms with Gasteiger partial charge in [0.25, 0.3) is 0 Å². The molecular formula is C15H17N5O2. The molecular weight excluding hydrogens is 282 g/mol. The molecule has 1 amide bonds. The Morgan fingerprint density at radius 2 is 2.14 bits per heavy atom. The first kappa shape index (κ1) is 14.2. The lowest BCUT2D eigenvalue weighted by Gasteiger charge is -2.26. The average molecular weight is 299 g/mol. The molecule has 114 valence electrons. The smallest absolute Gasteiger partial charge is 0.409 e. The van der Waals surface area contributed by atoms with Crippen LogP contribution in [0.25, 0.3) is 11.4 Å². The van der Waals surface area contributed by atoms with Crippen molar-refractivity contribution < 1.29 is 9.53 Å². The predicted octanol–water partition coefficient (Wildman–Crippen LogP) is 1.79. The Hall–Kier alpha value is -2.70. The van der Waals surface area contributed by atoms with Crippen LogP contribution in [0.3, 0.4) is 0 Å².